The van der Waals surface area contributed by atoms with Gasteiger partial charge < -0.3 is 16.2 Å². The van der Waals surface area contributed by atoms with Crippen molar-refractivity contribution in [2.75, 3.05) is 7.05 Å². The van der Waals surface area contributed by atoms with Gasteiger partial charge in [0.05, 0.1) is 0 Å². The summed E-state index contributed by atoms with van der Waals surface area (Å²) in [6.45, 7) is 2.18. The Kier molecular flexibility index (Phi) is 11.3. The van der Waals surface area contributed by atoms with E-state index in [9.17, 15) is 22.4 Å². The van der Waals surface area contributed by atoms with E-state index in [1.54, 1.807) is 12.1 Å². The fourth-order valence-corrected chi connectivity index (χ4v) is 3.49. The Bertz CT molecular complexity index is 847. The van der Waals surface area contributed by atoms with Gasteiger partial charge in [0.2, 0.25) is 5.91 Å². The van der Waals surface area contributed by atoms with E-state index in [-0.39, 0.29) is 17.6 Å². The molecule has 4 N–H and O–H groups in total. The lowest BCUT2D eigenvalue weighted by atomic mass is 9.79. The molecular formula is C23H27ClF4N2O3. The summed E-state index contributed by atoms with van der Waals surface area (Å²) < 4.78 is 44.4. The zero-order chi connectivity index (χ0) is 25.2. The Hall–Kier alpha value is -2.65. The number of nitrogens with one attached hydrogen (secondary N) is 1. The second-order valence-electron chi connectivity index (χ2n) is 7.60. The smallest absolute Gasteiger partial charge is 0.475 e. The summed E-state index contributed by atoms with van der Waals surface area (Å²) >= 11 is 5.76. The zero-order valence-electron chi connectivity index (χ0n) is 18.2. The number of benzene rings is 2. The van der Waals surface area contributed by atoms with Gasteiger partial charge in [0.1, 0.15) is 5.82 Å². The summed E-state index contributed by atoms with van der Waals surface area (Å²) in [6, 6.07) is 14.4. The number of hydrogen-bond acceptors (Lipinski definition) is 3. The van der Waals surface area contributed by atoms with E-state index >= 15 is 0 Å². The van der Waals surface area contributed by atoms with Crippen LogP contribution in [0, 0.1) is 17.7 Å². The van der Waals surface area contributed by atoms with Crippen LogP contribution in [0.5, 0.6) is 0 Å². The summed E-state index contributed by atoms with van der Waals surface area (Å²) in [5, 5.41) is 11.1. The topological polar surface area (TPSA) is 92.4 Å². The van der Waals surface area contributed by atoms with Crippen molar-refractivity contribution in [3.63, 3.8) is 0 Å². The Morgan fingerprint density at radius 3 is 1.85 bits per heavy atom. The first-order valence-corrected chi connectivity index (χ1v) is 10.5. The number of alkyl halides is 3. The fourth-order valence-electron chi connectivity index (χ4n) is 3.37. The number of rotatable bonds is 3. The van der Waals surface area contributed by atoms with E-state index in [1.807, 2.05) is 31.3 Å². The van der Waals surface area contributed by atoms with Crippen LogP contribution in [0.25, 0.3) is 11.1 Å². The highest BCUT2D eigenvalue weighted by atomic mass is 35.5. The molecule has 5 nitrogen and oxygen atoms in total. The third-order valence-corrected chi connectivity index (χ3v) is 5.46. The van der Waals surface area contributed by atoms with Gasteiger partial charge in [0, 0.05) is 17.0 Å². The first-order valence-electron chi connectivity index (χ1n) is 10.1. The summed E-state index contributed by atoms with van der Waals surface area (Å²) in [7, 11) is 1.98. The average Bonchev–Trinajstić information content (AvgIpc) is 2.75. The van der Waals surface area contributed by atoms with Crippen LogP contribution in [0.15, 0.2) is 48.5 Å². The molecule has 3 atom stereocenters. The molecule has 2 aromatic carbocycles. The summed E-state index contributed by atoms with van der Waals surface area (Å²) in [6.07, 6.45) is -2.11. The van der Waals surface area contributed by atoms with E-state index in [4.69, 9.17) is 27.2 Å². The molecular weight excluding hydrogens is 464 g/mol. The molecule has 1 fully saturated rings. The highest BCUT2D eigenvalue weighted by molar-refractivity contribution is 6.30. The number of halogens is 5. The molecule has 0 aromatic heterocycles. The van der Waals surface area contributed by atoms with Crippen molar-refractivity contribution in [3.8, 4) is 11.1 Å². The minimum atomic E-state index is -5.08. The monoisotopic (exact) mass is 490 g/mol. The van der Waals surface area contributed by atoms with Crippen molar-refractivity contribution >= 4 is 23.5 Å². The van der Waals surface area contributed by atoms with Crippen LogP contribution < -0.4 is 11.1 Å². The number of carboxylic acids is 1. The van der Waals surface area contributed by atoms with Gasteiger partial charge in [-0.3, -0.25) is 4.79 Å². The third kappa shape index (κ3) is 10.2. The first-order chi connectivity index (χ1) is 15.3. The molecule has 0 heterocycles. The van der Waals surface area contributed by atoms with Crippen molar-refractivity contribution in [1.82, 2.24) is 5.32 Å². The standard InChI is InChI=1S/C12H8ClF.C9H18N2O.C2HF3O2/c13-11-5-1-9(2-6-11)10-3-7-12(14)8-4-10;1-6-5-7(9(10)12)3-4-8(6)11-2;3-2(4,5)1(6)7/h1-8H;6-8,11H,3-5H2,1-2H3,(H2,10,12);(H,6,7). The van der Waals surface area contributed by atoms with Crippen LogP contribution in [-0.2, 0) is 9.59 Å². The van der Waals surface area contributed by atoms with Gasteiger partial charge in [-0.25, -0.2) is 9.18 Å². The Morgan fingerprint density at radius 1 is 1.03 bits per heavy atom. The molecule has 0 aliphatic heterocycles. The number of nitrogens with two attached hydrogens (primary N) is 1. The number of aliphatic carboxylic acids is 1. The maximum Gasteiger partial charge on any atom is 0.490 e. The number of carbonyl (C=O) groups excluding carboxylic acids is 1. The third-order valence-electron chi connectivity index (χ3n) is 5.21. The SMILES string of the molecule is CNC1CCC(C(N)=O)CC1C.Fc1ccc(-c2ccc(Cl)cc2)cc1.O=C(O)C(F)(F)F. The molecule has 182 valence electrons. The van der Waals surface area contributed by atoms with Gasteiger partial charge in [-0.15, -0.1) is 0 Å². The predicted molar refractivity (Wildman–Crippen MR) is 119 cm³/mol. The molecule has 2 aromatic rings. The van der Waals surface area contributed by atoms with Crippen LogP contribution in [0.1, 0.15) is 26.2 Å². The normalized spacial score (nSPS) is 19.9. The molecule has 1 saturated carbocycles. The van der Waals surface area contributed by atoms with Gasteiger partial charge in [-0.05, 0) is 67.6 Å². The lowest BCUT2D eigenvalue weighted by Gasteiger charge is -2.32. The molecule has 0 radical (unpaired) electrons. The largest absolute Gasteiger partial charge is 0.490 e. The molecule has 0 spiro atoms. The lowest BCUT2D eigenvalue weighted by Crippen LogP contribution is -2.40. The van der Waals surface area contributed by atoms with Crippen molar-refractivity contribution in [2.24, 2.45) is 17.6 Å². The van der Waals surface area contributed by atoms with Crippen molar-refractivity contribution in [1.29, 1.82) is 0 Å². The summed E-state index contributed by atoms with van der Waals surface area (Å²) in [5.74, 6) is -2.42. The second kappa shape index (κ2) is 13.2. The Morgan fingerprint density at radius 2 is 1.48 bits per heavy atom. The average molecular weight is 491 g/mol. The summed E-state index contributed by atoms with van der Waals surface area (Å²) in [4.78, 5) is 19.8. The van der Waals surface area contributed by atoms with Crippen LogP contribution >= 0.6 is 11.6 Å². The zero-order valence-corrected chi connectivity index (χ0v) is 19.0. The van der Waals surface area contributed by atoms with E-state index in [1.165, 1.54) is 12.1 Å². The maximum atomic E-state index is 12.6. The van der Waals surface area contributed by atoms with Crippen LogP contribution in [-0.4, -0.2) is 36.2 Å². The molecule has 1 aliphatic rings. The molecule has 1 amide bonds. The van der Waals surface area contributed by atoms with Gasteiger partial charge in [-0.1, -0.05) is 42.8 Å². The quantitative estimate of drug-likeness (QED) is 0.511. The van der Waals surface area contributed by atoms with Gasteiger partial charge in [-0.2, -0.15) is 13.2 Å². The second-order valence-corrected chi connectivity index (χ2v) is 8.04. The van der Waals surface area contributed by atoms with Crippen molar-refractivity contribution in [2.45, 2.75) is 38.4 Å². The van der Waals surface area contributed by atoms with E-state index in [0.717, 1.165) is 30.4 Å². The molecule has 3 unspecified atom stereocenters. The van der Waals surface area contributed by atoms with Crippen molar-refractivity contribution < 1.29 is 32.3 Å². The van der Waals surface area contributed by atoms with E-state index in [0.29, 0.717) is 17.0 Å². The minimum absolute atomic E-state index is 0.115. The van der Waals surface area contributed by atoms with Crippen LogP contribution in [0.2, 0.25) is 5.02 Å². The minimum Gasteiger partial charge on any atom is -0.475 e. The van der Waals surface area contributed by atoms with E-state index in [2.05, 4.69) is 12.2 Å². The molecule has 33 heavy (non-hydrogen) atoms. The van der Waals surface area contributed by atoms with Crippen LogP contribution in [0.4, 0.5) is 17.6 Å². The predicted octanol–water partition coefficient (Wildman–Crippen LogP) is 5.28. The summed E-state index contributed by atoms with van der Waals surface area (Å²) in [5.41, 5.74) is 7.28. The highest BCUT2D eigenvalue weighted by Gasteiger charge is 2.38. The van der Waals surface area contributed by atoms with E-state index < -0.39 is 12.1 Å². The molecule has 0 saturated heterocycles. The van der Waals surface area contributed by atoms with Gasteiger partial charge >= 0.3 is 12.1 Å². The first kappa shape index (κ1) is 28.4. The number of carbonyl (C=O) groups is 2. The fraction of sp³-hybridized carbons (Fsp3) is 0.391. The Labute approximate surface area is 194 Å². The van der Waals surface area contributed by atoms with Gasteiger partial charge in [0.25, 0.3) is 0 Å². The van der Waals surface area contributed by atoms with Crippen LogP contribution in [0.3, 0.4) is 0 Å². The van der Waals surface area contributed by atoms with Gasteiger partial charge in [0.15, 0.2) is 0 Å². The Balaban J connectivity index is 0.000000263. The number of primary amides is 1. The molecule has 0 bridgehead atoms. The maximum absolute atomic E-state index is 12.6. The lowest BCUT2D eigenvalue weighted by molar-refractivity contribution is -0.192. The molecule has 1 aliphatic carbocycles. The number of hydrogen-bond donors (Lipinski definition) is 3. The molecule has 10 heteroatoms. The number of amides is 1. The highest BCUT2D eigenvalue weighted by Crippen LogP contribution is 2.28. The van der Waals surface area contributed by atoms with Crippen molar-refractivity contribution in [3.05, 3.63) is 59.4 Å². The number of carboxylic acid groups (broad SMARTS) is 1. The molecule has 3 rings (SSSR count).